The number of methoxy groups -OCH3 is 1. The fourth-order valence-electron chi connectivity index (χ4n) is 2.44. The van der Waals surface area contributed by atoms with Crippen LogP contribution in [0.1, 0.15) is 10.4 Å². The molecule has 0 aliphatic heterocycles. The molecular weight excluding hydrogens is 326 g/mol. The molecule has 8 heteroatoms. The standard InChI is InChI=1S/C16H13N5O2S/c1-21-13-6-3-9(7-12(13)19-20-21)15(22)18-16-17-11-5-4-10(23-2)8-14(11)24-16/h3-8H,1-2H3,(H,17,18,22). The second kappa shape index (κ2) is 5.57. The van der Waals surface area contributed by atoms with Crippen LogP contribution in [0.15, 0.2) is 36.4 Å². The Morgan fingerprint density at radius 3 is 2.92 bits per heavy atom. The number of aryl methyl sites for hydroxylation is 1. The average molecular weight is 339 g/mol. The van der Waals surface area contributed by atoms with Crippen molar-refractivity contribution in [2.24, 2.45) is 7.05 Å². The first-order chi connectivity index (χ1) is 11.6. The van der Waals surface area contributed by atoms with E-state index in [1.165, 1.54) is 11.3 Å². The van der Waals surface area contributed by atoms with Crippen molar-refractivity contribution in [2.45, 2.75) is 0 Å². The summed E-state index contributed by atoms with van der Waals surface area (Å²) in [4.78, 5) is 16.9. The van der Waals surface area contributed by atoms with Crippen LogP contribution in [0.5, 0.6) is 5.75 Å². The van der Waals surface area contributed by atoms with Crippen molar-refractivity contribution in [1.82, 2.24) is 20.0 Å². The molecule has 24 heavy (non-hydrogen) atoms. The molecule has 2 heterocycles. The summed E-state index contributed by atoms with van der Waals surface area (Å²) in [5, 5.41) is 11.3. The maximum absolute atomic E-state index is 12.4. The summed E-state index contributed by atoms with van der Waals surface area (Å²) in [6.45, 7) is 0. The van der Waals surface area contributed by atoms with Gasteiger partial charge in [-0.05, 0) is 36.4 Å². The van der Waals surface area contributed by atoms with Gasteiger partial charge in [-0.15, -0.1) is 5.10 Å². The second-order valence-corrected chi connectivity index (χ2v) is 6.25. The molecule has 0 spiro atoms. The summed E-state index contributed by atoms with van der Waals surface area (Å²) in [5.41, 5.74) is 2.89. The van der Waals surface area contributed by atoms with Crippen molar-refractivity contribution in [3.8, 4) is 5.75 Å². The Bertz CT molecular complexity index is 1070. The van der Waals surface area contributed by atoms with Crippen LogP contribution in [0.3, 0.4) is 0 Å². The topological polar surface area (TPSA) is 81.9 Å². The molecule has 0 fully saturated rings. The molecule has 0 bridgehead atoms. The Hall–Kier alpha value is -3.00. The van der Waals surface area contributed by atoms with Gasteiger partial charge in [0, 0.05) is 12.6 Å². The fourth-order valence-corrected chi connectivity index (χ4v) is 3.33. The number of nitrogens with one attached hydrogen (secondary N) is 1. The molecule has 0 aliphatic carbocycles. The van der Waals surface area contributed by atoms with E-state index in [4.69, 9.17) is 4.74 Å². The number of rotatable bonds is 3. The van der Waals surface area contributed by atoms with Gasteiger partial charge < -0.3 is 4.74 Å². The predicted octanol–water partition coefficient (Wildman–Crippen LogP) is 2.84. The first kappa shape index (κ1) is 14.6. The molecule has 7 nitrogen and oxygen atoms in total. The number of thiazole rings is 1. The van der Waals surface area contributed by atoms with E-state index in [1.54, 1.807) is 23.9 Å². The van der Waals surface area contributed by atoms with E-state index in [9.17, 15) is 4.79 Å². The van der Waals surface area contributed by atoms with Crippen LogP contribution in [0, 0.1) is 0 Å². The van der Waals surface area contributed by atoms with E-state index in [-0.39, 0.29) is 5.91 Å². The fraction of sp³-hybridized carbons (Fsp3) is 0.125. The van der Waals surface area contributed by atoms with Crippen LogP contribution in [0.2, 0.25) is 0 Å². The summed E-state index contributed by atoms with van der Waals surface area (Å²) in [6.07, 6.45) is 0. The average Bonchev–Trinajstić information content (AvgIpc) is 3.16. The molecule has 0 atom stereocenters. The lowest BCUT2D eigenvalue weighted by molar-refractivity contribution is 0.102. The van der Waals surface area contributed by atoms with Crippen molar-refractivity contribution in [2.75, 3.05) is 12.4 Å². The molecular formula is C16H13N5O2S. The number of ether oxygens (including phenoxy) is 1. The van der Waals surface area contributed by atoms with Crippen molar-refractivity contribution in [3.63, 3.8) is 0 Å². The van der Waals surface area contributed by atoms with Crippen LogP contribution < -0.4 is 10.1 Å². The van der Waals surface area contributed by atoms with E-state index >= 15 is 0 Å². The smallest absolute Gasteiger partial charge is 0.257 e. The van der Waals surface area contributed by atoms with Crippen molar-refractivity contribution >= 4 is 43.6 Å². The lowest BCUT2D eigenvalue weighted by Crippen LogP contribution is -2.11. The number of amides is 1. The number of hydrogen-bond donors (Lipinski definition) is 1. The van der Waals surface area contributed by atoms with Gasteiger partial charge in [-0.25, -0.2) is 9.67 Å². The summed E-state index contributed by atoms with van der Waals surface area (Å²) < 4.78 is 7.82. The highest BCUT2D eigenvalue weighted by Gasteiger charge is 2.12. The molecule has 2 aromatic heterocycles. The summed E-state index contributed by atoms with van der Waals surface area (Å²) >= 11 is 1.40. The number of carbonyl (C=O) groups excluding carboxylic acids is 1. The molecule has 0 saturated carbocycles. The Balaban J connectivity index is 1.62. The summed E-state index contributed by atoms with van der Waals surface area (Å²) in [7, 11) is 3.43. The summed E-state index contributed by atoms with van der Waals surface area (Å²) in [5.74, 6) is 0.533. The molecule has 2 aromatic carbocycles. The van der Waals surface area contributed by atoms with Crippen LogP contribution in [-0.4, -0.2) is 33.0 Å². The highest BCUT2D eigenvalue weighted by atomic mass is 32.1. The van der Waals surface area contributed by atoms with Crippen LogP contribution in [-0.2, 0) is 7.05 Å². The number of carbonyl (C=O) groups is 1. The zero-order chi connectivity index (χ0) is 16.7. The number of aromatic nitrogens is 4. The Kier molecular flexibility index (Phi) is 3.39. The number of fused-ring (bicyclic) bond motifs is 2. The highest BCUT2D eigenvalue weighted by molar-refractivity contribution is 7.22. The quantitative estimate of drug-likeness (QED) is 0.621. The molecule has 0 unspecified atom stereocenters. The largest absolute Gasteiger partial charge is 0.497 e. The number of benzene rings is 2. The molecule has 120 valence electrons. The molecule has 0 radical (unpaired) electrons. The monoisotopic (exact) mass is 339 g/mol. The maximum atomic E-state index is 12.4. The van der Waals surface area contributed by atoms with E-state index in [2.05, 4.69) is 20.6 Å². The molecule has 1 N–H and O–H groups in total. The van der Waals surface area contributed by atoms with Gasteiger partial charge in [0.05, 0.1) is 22.8 Å². The van der Waals surface area contributed by atoms with Crippen molar-refractivity contribution in [3.05, 3.63) is 42.0 Å². The third-order valence-corrected chi connectivity index (χ3v) is 4.62. The first-order valence-corrected chi connectivity index (χ1v) is 8.01. The zero-order valence-electron chi connectivity index (χ0n) is 13.0. The van der Waals surface area contributed by atoms with Crippen LogP contribution >= 0.6 is 11.3 Å². The van der Waals surface area contributed by atoms with Gasteiger partial charge in [-0.3, -0.25) is 10.1 Å². The minimum absolute atomic E-state index is 0.228. The Morgan fingerprint density at radius 1 is 1.21 bits per heavy atom. The minimum atomic E-state index is -0.228. The van der Waals surface area contributed by atoms with Crippen LogP contribution in [0.25, 0.3) is 21.3 Å². The van der Waals surface area contributed by atoms with Gasteiger partial charge in [0.2, 0.25) is 0 Å². The maximum Gasteiger partial charge on any atom is 0.257 e. The SMILES string of the molecule is COc1ccc2nc(NC(=O)c3ccc4c(c3)nnn4C)sc2c1. The number of anilines is 1. The normalized spacial score (nSPS) is 11.1. The molecule has 0 saturated heterocycles. The van der Waals surface area contributed by atoms with Gasteiger partial charge in [0.15, 0.2) is 5.13 Å². The van der Waals surface area contributed by atoms with E-state index in [0.29, 0.717) is 16.2 Å². The van der Waals surface area contributed by atoms with E-state index in [1.807, 2.05) is 31.3 Å². The van der Waals surface area contributed by atoms with Gasteiger partial charge in [-0.1, -0.05) is 16.6 Å². The summed E-state index contributed by atoms with van der Waals surface area (Å²) in [6, 6.07) is 10.9. The van der Waals surface area contributed by atoms with Gasteiger partial charge in [-0.2, -0.15) is 0 Å². The zero-order valence-corrected chi connectivity index (χ0v) is 13.8. The van der Waals surface area contributed by atoms with E-state index < -0.39 is 0 Å². The third-order valence-electron chi connectivity index (χ3n) is 3.69. The van der Waals surface area contributed by atoms with Crippen LogP contribution in [0.4, 0.5) is 5.13 Å². The van der Waals surface area contributed by atoms with Gasteiger partial charge >= 0.3 is 0 Å². The molecule has 4 rings (SSSR count). The van der Waals surface area contributed by atoms with Crippen molar-refractivity contribution in [1.29, 1.82) is 0 Å². The van der Waals surface area contributed by atoms with Gasteiger partial charge in [0.1, 0.15) is 11.3 Å². The highest BCUT2D eigenvalue weighted by Crippen LogP contribution is 2.29. The van der Waals surface area contributed by atoms with Crippen molar-refractivity contribution < 1.29 is 9.53 Å². The minimum Gasteiger partial charge on any atom is -0.497 e. The number of nitrogens with zero attached hydrogens (tertiary/aromatic N) is 4. The second-order valence-electron chi connectivity index (χ2n) is 5.22. The molecule has 0 aliphatic rings. The number of hydrogen-bond acceptors (Lipinski definition) is 6. The Morgan fingerprint density at radius 2 is 2.08 bits per heavy atom. The third kappa shape index (κ3) is 2.46. The van der Waals surface area contributed by atoms with Gasteiger partial charge in [0.25, 0.3) is 5.91 Å². The van der Waals surface area contributed by atoms with E-state index in [0.717, 1.165) is 21.5 Å². The lowest BCUT2D eigenvalue weighted by Gasteiger charge is -2.01. The first-order valence-electron chi connectivity index (χ1n) is 7.19. The lowest BCUT2D eigenvalue weighted by atomic mass is 10.2. The molecule has 4 aromatic rings. The Labute approximate surface area is 140 Å². The predicted molar refractivity (Wildman–Crippen MR) is 92.6 cm³/mol. The molecule has 1 amide bonds.